The molecule has 1 rings (SSSR count). The molecule has 0 nitrogen and oxygen atoms in total. The zero-order valence-corrected chi connectivity index (χ0v) is 7.87. The van der Waals surface area contributed by atoms with Gasteiger partial charge in [-0.25, -0.2) is 0 Å². The maximum absolute atomic E-state index is 2.18. The minimum absolute atomic E-state index is 1.32. The third kappa shape index (κ3) is 5.83. The van der Waals surface area contributed by atoms with Gasteiger partial charge in [0.1, 0.15) is 0 Å². The average molecular weight is 156 g/mol. The third-order valence-electron chi connectivity index (χ3n) is 1.16. The lowest BCUT2D eigenvalue weighted by Crippen LogP contribution is -1.47. The van der Waals surface area contributed by atoms with Crippen molar-refractivity contribution in [2.45, 2.75) is 33.6 Å². The van der Waals surface area contributed by atoms with Gasteiger partial charge in [-0.15, -0.1) is 0 Å². The van der Waals surface area contributed by atoms with Crippen LogP contribution in [0.1, 0.15) is 32.3 Å². The van der Waals surface area contributed by atoms with Gasteiger partial charge in [0.15, 0.2) is 0 Å². The molecule has 0 aliphatic carbocycles. The van der Waals surface area contributed by atoms with Crippen LogP contribution < -0.4 is 0 Å². The van der Waals surface area contributed by atoms with E-state index in [0.717, 1.165) is 0 Å². The van der Waals surface area contributed by atoms with Crippen molar-refractivity contribution < 1.29 is 0 Å². The van der Waals surface area contributed by atoms with Crippen molar-refractivity contribution in [1.82, 2.24) is 0 Å². The Hall–Kier alpha value is -0.300. The van der Waals surface area contributed by atoms with E-state index in [1.807, 2.05) is 0 Å². The molecule has 0 fully saturated rings. The maximum atomic E-state index is 2.18. The molecule has 0 saturated heterocycles. The van der Waals surface area contributed by atoms with Crippen molar-refractivity contribution in [2.75, 3.05) is 0 Å². The quantitative estimate of drug-likeness (QED) is 0.579. The molecule has 0 bridgehead atoms. The highest BCUT2D eigenvalue weighted by Gasteiger charge is 1.74. The van der Waals surface area contributed by atoms with Gasteiger partial charge in [-0.3, -0.25) is 0 Å². The van der Waals surface area contributed by atoms with Crippen LogP contribution in [0.15, 0.2) is 16.8 Å². The van der Waals surface area contributed by atoms with E-state index in [-0.39, 0.29) is 0 Å². The lowest BCUT2D eigenvalue weighted by Gasteiger charge is -1.68. The van der Waals surface area contributed by atoms with E-state index >= 15 is 0 Å². The second-order valence-corrected chi connectivity index (χ2v) is 3.08. The van der Waals surface area contributed by atoms with Gasteiger partial charge in [0.05, 0.1) is 0 Å². The minimum Gasteiger partial charge on any atom is -0.152 e. The summed E-state index contributed by atoms with van der Waals surface area (Å²) in [6, 6.07) is 2.10. The molecule has 0 atom stereocenters. The molecule has 1 aromatic rings. The Balaban J connectivity index is 0.000000180. The first-order valence-corrected chi connectivity index (χ1v) is 4.74. The zero-order valence-electron chi connectivity index (χ0n) is 7.05. The minimum atomic E-state index is 1.32. The van der Waals surface area contributed by atoms with E-state index < -0.39 is 0 Å². The normalized spacial score (nSPS) is 8.30. The second-order valence-electron chi connectivity index (χ2n) is 2.30. The SMILES string of the molecule is CCCC.Cc1ccsc1. The average Bonchev–Trinajstić information content (AvgIpc) is 2.40. The molecule has 0 aliphatic heterocycles. The number of thiophene rings is 1. The second kappa shape index (κ2) is 6.81. The number of hydrogen-bond acceptors (Lipinski definition) is 1. The fraction of sp³-hybridized carbons (Fsp3) is 0.556. The van der Waals surface area contributed by atoms with Crippen LogP contribution in [-0.4, -0.2) is 0 Å². The molecule has 1 heteroatoms. The Morgan fingerprint density at radius 2 is 1.90 bits per heavy atom. The summed E-state index contributed by atoms with van der Waals surface area (Å²) in [6.07, 6.45) is 2.64. The van der Waals surface area contributed by atoms with Crippen molar-refractivity contribution in [3.05, 3.63) is 22.4 Å². The molecule has 0 saturated carbocycles. The molecule has 0 radical (unpaired) electrons. The van der Waals surface area contributed by atoms with Gasteiger partial charge in [-0.1, -0.05) is 26.7 Å². The Kier molecular flexibility index (Phi) is 6.61. The van der Waals surface area contributed by atoms with Crippen LogP contribution in [0.25, 0.3) is 0 Å². The van der Waals surface area contributed by atoms with Crippen LogP contribution in [0, 0.1) is 6.92 Å². The van der Waals surface area contributed by atoms with Gasteiger partial charge < -0.3 is 0 Å². The fourth-order valence-corrected chi connectivity index (χ4v) is 0.998. The van der Waals surface area contributed by atoms with E-state index in [9.17, 15) is 0 Å². The summed E-state index contributed by atoms with van der Waals surface area (Å²) in [5, 5.41) is 4.20. The van der Waals surface area contributed by atoms with Crippen molar-refractivity contribution in [2.24, 2.45) is 0 Å². The van der Waals surface area contributed by atoms with Crippen molar-refractivity contribution in [3.8, 4) is 0 Å². The third-order valence-corrected chi connectivity index (χ3v) is 1.96. The zero-order chi connectivity index (χ0) is 7.82. The molecule has 0 aromatic carbocycles. The number of hydrogen-bond donors (Lipinski definition) is 0. The lowest BCUT2D eigenvalue weighted by atomic mass is 10.4. The van der Waals surface area contributed by atoms with Gasteiger partial charge in [0, 0.05) is 0 Å². The highest BCUT2D eigenvalue weighted by Crippen LogP contribution is 2.01. The first-order chi connectivity index (χ1) is 4.81. The molecule has 58 valence electrons. The summed E-state index contributed by atoms with van der Waals surface area (Å²) < 4.78 is 0. The summed E-state index contributed by atoms with van der Waals surface area (Å²) in [6.45, 7) is 6.45. The van der Waals surface area contributed by atoms with E-state index in [2.05, 4.69) is 37.6 Å². The Bertz CT molecular complexity index is 128. The van der Waals surface area contributed by atoms with E-state index in [1.165, 1.54) is 18.4 Å². The molecule has 1 heterocycles. The first kappa shape index (κ1) is 9.70. The number of unbranched alkanes of at least 4 members (excludes halogenated alkanes) is 1. The molecule has 0 unspecified atom stereocenters. The van der Waals surface area contributed by atoms with Gasteiger partial charge >= 0.3 is 0 Å². The molecule has 10 heavy (non-hydrogen) atoms. The van der Waals surface area contributed by atoms with Crippen LogP contribution >= 0.6 is 11.3 Å². The number of rotatable bonds is 1. The summed E-state index contributed by atoms with van der Waals surface area (Å²) in [4.78, 5) is 0. The monoisotopic (exact) mass is 156 g/mol. The van der Waals surface area contributed by atoms with E-state index in [0.29, 0.717) is 0 Å². The van der Waals surface area contributed by atoms with Gasteiger partial charge in [-0.2, -0.15) is 11.3 Å². The van der Waals surface area contributed by atoms with E-state index in [4.69, 9.17) is 0 Å². The predicted molar refractivity (Wildman–Crippen MR) is 49.6 cm³/mol. The molecule has 0 aliphatic rings. The number of aryl methyl sites for hydroxylation is 1. The van der Waals surface area contributed by atoms with Gasteiger partial charge in [-0.05, 0) is 29.3 Å². The highest BCUT2D eigenvalue weighted by atomic mass is 32.1. The highest BCUT2D eigenvalue weighted by molar-refractivity contribution is 7.07. The predicted octanol–water partition coefficient (Wildman–Crippen LogP) is 3.86. The molecular formula is C9H16S. The molecule has 0 amide bonds. The standard InChI is InChI=1S/C5H6S.C4H10/c1-5-2-3-6-4-5;1-3-4-2/h2-4H,1H3;3-4H2,1-2H3. The summed E-state index contributed by atoms with van der Waals surface area (Å²) in [5.41, 5.74) is 1.36. The summed E-state index contributed by atoms with van der Waals surface area (Å²) in [7, 11) is 0. The molecular weight excluding hydrogens is 140 g/mol. The Morgan fingerprint density at radius 1 is 1.30 bits per heavy atom. The molecule has 0 N–H and O–H groups in total. The maximum Gasteiger partial charge on any atom is -0.00641 e. The Morgan fingerprint density at radius 3 is 2.00 bits per heavy atom. The summed E-state index contributed by atoms with van der Waals surface area (Å²) >= 11 is 1.74. The molecule has 1 aromatic heterocycles. The van der Waals surface area contributed by atoms with Crippen LogP contribution in [0.2, 0.25) is 0 Å². The van der Waals surface area contributed by atoms with E-state index in [1.54, 1.807) is 11.3 Å². The Labute approximate surface area is 67.9 Å². The van der Waals surface area contributed by atoms with Crippen molar-refractivity contribution in [3.63, 3.8) is 0 Å². The van der Waals surface area contributed by atoms with Crippen molar-refractivity contribution >= 4 is 11.3 Å². The fourth-order valence-electron chi connectivity index (χ4n) is 0.333. The molecule has 0 spiro atoms. The lowest BCUT2D eigenvalue weighted by molar-refractivity contribution is 0.886. The summed E-state index contributed by atoms with van der Waals surface area (Å²) in [5.74, 6) is 0. The first-order valence-electron chi connectivity index (χ1n) is 3.80. The van der Waals surface area contributed by atoms with Gasteiger partial charge in [0.25, 0.3) is 0 Å². The smallest absolute Gasteiger partial charge is 0.00641 e. The largest absolute Gasteiger partial charge is 0.152 e. The van der Waals surface area contributed by atoms with Crippen molar-refractivity contribution in [1.29, 1.82) is 0 Å². The van der Waals surface area contributed by atoms with Crippen LogP contribution in [-0.2, 0) is 0 Å². The van der Waals surface area contributed by atoms with Crippen LogP contribution in [0.3, 0.4) is 0 Å². The van der Waals surface area contributed by atoms with Crippen LogP contribution in [0.5, 0.6) is 0 Å². The van der Waals surface area contributed by atoms with Gasteiger partial charge in [0.2, 0.25) is 0 Å². The topological polar surface area (TPSA) is 0 Å². The van der Waals surface area contributed by atoms with Crippen LogP contribution in [0.4, 0.5) is 0 Å².